The third kappa shape index (κ3) is 3.25. The number of rotatable bonds is 5. The molecular formula is C11H16F2N2. The van der Waals surface area contributed by atoms with Gasteiger partial charge in [0.2, 0.25) is 0 Å². The zero-order chi connectivity index (χ0) is 11.3. The van der Waals surface area contributed by atoms with Crippen molar-refractivity contribution < 1.29 is 8.78 Å². The molecule has 1 aromatic rings. The van der Waals surface area contributed by atoms with Gasteiger partial charge in [0.15, 0.2) is 0 Å². The van der Waals surface area contributed by atoms with Gasteiger partial charge in [-0.3, -0.25) is 11.3 Å². The Hall–Kier alpha value is -1.00. The average Bonchev–Trinajstić information content (AvgIpc) is 2.22. The molecule has 0 aliphatic heterocycles. The van der Waals surface area contributed by atoms with Gasteiger partial charge in [0, 0.05) is 11.6 Å². The number of halogens is 2. The molecule has 0 amide bonds. The summed E-state index contributed by atoms with van der Waals surface area (Å²) in [6, 6.07) is 3.80. The van der Waals surface area contributed by atoms with Gasteiger partial charge in [-0.05, 0) is 25.0 Å². The third-order valence-electron chi connectivity index (χ3n) is 2.39. The summed E-state index contributed by atoms with van der Waals surface area (Å²) < 4.78 is 26.6. The lowest BCUT2D eigenvalue weighted by molar-refractivity contribution is 0.460. The number of benzene rings is 1. The van der Waals surface area contributed by atoms with Crippen LogP contribution in [0.1, 0.15) is 25.3 Å². The van der Waals surface area contributed by atoms with Crippen molar-refractivity contribution in [1.82, 2.24) is 5.43 Å². The van der Waals surface area contributed by atoms with Crippen molar-refractivity contribution >= 4 is 0 Å². The highest BCUT2D eigenvalue weighted by atomic mass is 19.1. The van der Waals surface area contributed by atoms with Crippen molar-refractivity contribution in [3.05, 3.63) is 35.4 Å². The van der Waals surface area contributed by atoms with Crippen LogP contribution in [0, 0.1) is 11.6 Å². The van der Waals surface area contributed by atoms with Gasteiger partial charge in [0.05, 0.1) is 0 Å². The largest absolute Gasteiger partial charge is 0.271 e. The van der Waals surface area contributed by atoms with Crippen molar-refractivity contribution in [1.29, 1.82) is 0 Å². The molecule has 0 heterocycles. The van der Waals surface area contributed by atoms with Crippen LogP contribution < -0.4 is 11.3 Å². The van der Waals surface area contributed by atoms with E-state index in [4.69, 9.17) is 5.84 Å². The quantitative estimate of drug-likeness (QED) is 0.582. The second-order valence-corrected chi connectivity index (χ2v) is 3.56. The van der Waals surface area contributed by atoms with E-state index in [2.05, 4.69) is 5.43 Å². The second kappa shape index (κ2) is 5.78. The van der Waals surface area contributed by atoms with E-state index in [1.54, 1.807) is 0 Å². The maximum Gasteiger partial charge on any atom is 0.129 e. The lowest BCUT2D eigenvalue weighted by atomic mass is 10.0. The molecular weight excluding hydrogens is 198 g/mol. The molecule has 1 aromatic carbocycles. The highest BCUT2D eigenvalue weighted by Crippen LogP contribution is 2.15. The van der Waals surface area contributed by atoms with Gasteiger partial charge >= 0.3 is 0 Å². The van der Waals surface area contributed by atoms with E-state index in [-0.39, 0.29) is 18.0 Å². The molecule has 0 aliphatic carbocycles. The van der Waals surface area contributed by atoms with Crippen LogP contribution in [0.25, 0.3) is 0 Å². The number of nitrogens with two attached hydrogens (primary N) is 1. The molecule has 0 radical (unpaired) electrons. The third-order valence-corrected chi connectivity index (χ3v) is 2.39. The molecule has 0 fully saturated rings. The second-order valence-electron chi connectivity index (χ2n) is 3.56. The Morgan fingerprint density at radius 1 is 1.33 bits per heavy atom. The summed E-state index contributed by atoms with van der Waals surface area (Å²) >= 11 is 0. The molecule has 0 aromatic heterocycles. The smallest absolute Gasteiger partial charge is 0.129 e. The highest BCUT2D eigenvalue weighted by molar-refractivity contribution is 5.20. The molecule has 0 aliphatic rings. The minimum atomic E-state index is -0.508. The Balaban J connectivity index is 2.78. The molecule has 0 saturated heterocycles. The molecule has 1 unspecified atom stereocenters. The number of nitrogens with one attached hydrogen (secondary N) is 1. The fraction of sp³-hybridized carbons (Fsp3) is 0.455. The molecule has 0 bridgehead atoms. The molecule has 84 valence electrons. The predicted molar refractivity (Wildman–Crippen MR) is 56.1 cm³/mol. The van der Waals surface area contributed by atoms with Crippen molar-refractivity contribution in [2.24, 2.45) is 5.84 Å². The predicted octanol–water partition coefficient (Wildman–Crippen LogP) is 2.14. The van der Waals surface area contributed by atoms with Crippen LogP contribution in [0.15, 0.2) is 18.2 Å². The van der Waals surface area contributed by atoms with Crippen LogP contribution in [-0.4, -0.2) is 6.04 Å². The number of hydrazine groups is 1. The topological polar surface area (TPSA) is 38.0 Å². The Kier molecular flexibility index (Phi) is 4.65. The van der Waals surface area contributed by atoms with Crippen LogP contribution in [0.2, 0.25) is 0 Å². The zero-order valence-corrected chi connectivity index (χ0v) is 8.76. The van der Waals surface area contributed by atoms with Crippen LogP contribution in [0.3, 0.4) is 0 Å². The van der Waals surface area contributed by atoms with E-state index in [1.165, 1.54) is 18.2 Å². The van der Waals surface area contributed by atoms with Gasteiger partial charge in [-0.25, -0.2) is 8.78 Å². The molecule has 0 spiro atoms. The summed E-state index contributed by atoms with van der Waals surface area (Å²) in [4.78, 5) is 0. The first kappa shape index (κ1) is 12.1. The minimum absolute atomic E-state index is 0.0820. The molecule has 15 heavy (non-hydrogen) atoms. The molecule has 3 N–H and O–H groups in total. The van der Waals surface area contributed by atoms with Crippen LogP contribution in [0.5, 0.6) is 0 Å². The Morgan fingerprint density at radius 2 is 1.93 bits per heavy atom. The van der Waals surface area contributed by atoms with Crippen LogP contribution >= 0.6 is 0 Å². The summed E-state index contributed by atoms with van der Waals surface area (Å²) in [6.45, 7) is 2.00. The summed E-state index contributed by atoms with van der Waals surface area (Å²) in [6.07, 6.45) is 2.00. The first-order valence-electron chi connectivity index (χ1n) is 5.08. The molecule has 0 saturated carbocycles. The average molecular weight is 214 g/mol. The first-order chi connectivity index (χ1) is 7.19. The van der Waals surface area contributed by atoms with E-state index in [1.807, 2.05) is 6.92 Å². The lowest BCUT2D eigenvalue weighted by Gasteiger charge is -2.15. The van der Waals surface area contributed by atoms with Crippen molar-refractivity contribution in [2.45, 2.75) is 32.2 Å². The summed E-state index contributed by atoms with van der Waals surface area (Å²) in [5.41, 5.74) is 2.68. The van der Waals surface area contributed by atoms with Crippen LogP contribution in [-0.2, 0) is 6.42 Å². The maximum absolute atomic E-state index is 13.3. The molecule has 2 nitrogen and oxygen atoms in total. The van der Waals surface area contributed by atoms with Gasteiger partial charge in [-0.1, -0.05) is 19.4 Å². The van der Waals surface area contributed by atoms with Crippen molar-refractivity contribution in [3.8, 4) is 0 Å². The molecule has 1 atom stereocenters. The normalized spacial score (nSPS) is 12.8. The van der Waals surface area contributed by atoms with Crippen molar-refractivity contribution in [2.75, 3.05) is 0 Å². The highest BCUT2D eigenvalue weighted by Gasteiger charge is 2.13. The van der Waals surface area contributed by atoms with Crippen molar-refractivity contribution in [3.63, 3.8) is 0 Å². The fourth-order valence-electron chi connectivity index (χ4n) is 1.57. The maximum atomic E-state index is 13.3. The van der Waals surface area contributed by atoms with E-state index in [0.717, 1.165) is 12.8 Å². The van der Waals surface area contributed by atoms with E-state index < -0.39 is 11.6 Å². The van der Waals surface area contributed by atoms with Gasteiger partial charge in [-0.15, -0.1) is 0 Å². The van der Waals surface area contributed by atoms with E-state index >= 15 is 0 Å². The minimum Gasteiger partial charge on any atom is -0.271 e. The van der Waals surface area contributed by atoms with Gasteiger partial charge < -0.3 is 0 Å². The van der Waals surface area contributed by atoms with Gasteiger partial charge in [0.1, 0.15) is 11.6 Å². The Morgan fingerprint density at radius 3 is 2.40 bits per heavy atom. The standard InChI is InChI=1S/C11H16F2N2/c1-2-4-8(15-14)7-9-10(12)5-3-6-11(9)13/h3,5-6,8,15H,2,4,7,14H2,1H3. The number of hydrogen-bond acceptors (Lipinski definition) is 2. The number of hydrogen-bond donors (Lipinski definition) is 2. The summed E-state index contributed by atoms with van der Waals surface area (Å²) in [7, 11) is 0. The van der Waals surface area contributed by atoms with E-state index in [0.29, 0.717) is 0 Å². The van der Waals surface area contributed by atoms with Crippen LogP contribution in [0.4, 0.5) is 8.78 Å². The fourth-order valence-corrected chi connectivity index (χ4v) is 1.57. The first-order valence-corrected chi connectivity index (χ1v) is 5.08. The monoisotopic (exact) mass is 214 g/mol. The van der Waals surface area contributed by atoms with E-state index in [9.17, 15) is 8.78 Å². The Bertz CT molecular complexity index is 295. The SMILES string of the molecule is CCCC(Cc1c(F)cccc1F)NN. The Labute approximate surface area is 88.4 Å². The lowest BCUT2D eigenvalue weighted by Crippen LogP contribution is -2.37. The van der Waals surface area contributed by atoms with Gasteiger partial charge in [0.25, 0.3) is 0 Å². The molecule has 4 heteroatoms. The summed E-state index contributed by atoms with van der Waals surface area (Å²) in [5.74, 6) is 4.30. The van der Waals surface area contributed by atoms with Gasteiger partial charge in [-0.2, -0.15) is 0 Å². The molecule has 1 rings (SSSR count). The summed E-state index contributed by atoms with van der Waals surface area (Å²) in [5, 5.41) is 0. The zero-order valence-electron chi connectivity index (χ0n) is 8.76.